The van der Waals surface area contributed by atoms with E-state index in [2.05, 4.69) is 0 Å². The van der Waals surface area contributed by atoms with Crippen molar-refractivity contribution in [2.45, 2.75) is 32.9 Å². The largest absolute Gasteiger partial charge is 0.491 e. The molecule has 0 aliphatic rings. The lowest BCUT2D eigenvalue weighted by atomic mass is 10.1. The molecule has 1 rings (SSSR count). The highest BCUT2D eigenvalue weighted by atomic mass is 16.5. The Morgan fingerprint density at radius 2 is 1.69 bits per heavy atom. The van der Waals surface area contributed by atoms with Gasteiger partial charge in [-0.25, -0.2) is 0 Å². The van der Waals surface area contributed by atoms with Crippen molar-refractivity contribution in [2.75, 3.05) is 13.2 Å². The van der Waals surface area contributed by atoms with Gasteiger partial charge in [0, 0.05) is 6.04 Å². The zero-order chi connectivity index (χ0) is 12.0. The van der Waals surface area contributed by atoms with Crippen LogP contribution in [0.1, 0.15) is 32.4 Å². The van der Waals surface area contributed by atoms with Crippen LogP contribution in [0.25, 0.3) is 0 Å². The van der Waals surface area contributed by atoms with Gasteiger partial charge in [-0.3, -0.25) is 0 Å². The first kappa shape index (κ1) is 13.0. The number of ether oxygens (including phenoxy) is 2. The Bertz CT molecular complexity index is 293. The van der Waals surface area contributed by atoms with Gasteiger partial charge in [0.2, 0.25) is 0 Å². The molecular formula is C13H21NO2. The Kier molecular flexibility index (Phi) is 5.29. The molecule has 1 aromatic rings. The summed E-state index contributed by atoms with van der Waals surface area (Å²) in [5, 5.41) is 0. The van der Waals surface area contributed by atoms with Crippen LogP contribution in [-0.4, -0.2) is 19.3 Å². The van der Waals surface area contributed by atoms with Gasteiger partial charge >= 0.3 is 0 Å². The molecule has 3 heteroatoms. The molecule has 0 bridgehead atoms. The summed E-state index contributed by atoms with van der Waals surface area (Å²) in [7, 11) is 0. The first-order chi connectivity index (χ1) is 7.59. The molecule has 16 heavy (non-hydrogen) atoms. The summed E-state index contributed by atoms with van der Waals surface area (Å²) in [6, 6.07) is 7.92. The maximum atomic E-state index is 5.76. The fourth-order valence-corrected chi connectivity index (χ4v) is 1.31. The Balaban J connectivity index is 2.32. The molecular weight excluding hydrogens is 202 g/mol. The minimum Gasteiger partial charge on any atom is -0.491 e. The van der Waals surface area contributed by atoms with Gasteiger partial charge < -0.3 is 15.2 Å². The Morgan fingerprint density at radius 1 is 1.06 bits per heavy atom. The third kappa shape index (κ3) is 4.64. The van der Waals surface area contributed by atoms with E-state index in [-0.39, 0.29) is 12.1 Å². The second-order valence-electron chi connectivity index (χ2n) is 4.13. The first-order valence-corrected chi connectivity index (χ1v) is 5.69. The van der Waals surface area contributed by atoms with Gasteiger partial charge in [-0.2, -0.15) is 0 Å². The van der Waals surface area contributed by atoms with Gasteiger partial charge in [-0.1, -0.05) is 12.1 Å². The molecule has 0 aliphatic carbocycles. The number of rotatable bonds is 6. The fourth-order valence-electron chi connectivity index (χ4n) is 1.31. The highest BCUT2D eigenvalue weighted by Crippen LogP contribution is 2.15. The lowest BCUT2D eigenvalue weighted by molar-refractivity contribution is 0.0552. The molecule has 0 aromatic heterocycles. The zero-order valence-electron chi connectivity index (χ0n) is 10.3. The monoisotopic (exact) mass is 223 g/mol. The Hall–Kier alpha value is -1.06. The van der Waals surface area contributed by atoms with Crippen LogP contribution >= 0.6 is 0 Å². The Morgan fingerprint density at radius 3 is 2.19 bits per heavy atom. The SMILES string of the molecule is CC(C)OCCOc1ccc([C@@H](C)N)cc1. The molecule has 0 fully saturated rings. The van der Waals surface area contributed by atoms with Crippen LogP contribution in [0, 0.1) is 0 Å². The molecule has 0 heterocycles. The quantitative estimate of drug-likeness (QED) is 0.754. The predicted molar refractivity (Wildman–Crippen MR) is 65.6 cm³/mol. The summed E-state index contributed by atoms with van der Waals surface area (Å²) in [5.74, 6) is 0.858. The van der Waals surface area contributed by atoms with Crippen LogP contribution in [-0.2, 0) is 4.74 Å². The third-order valence-corrected chi connectivity index (χ3v) is 2.21. The van der Waals surface area contributed by atoms with Gasteiger partial charge in [0.15, 0.2) is 0 Å². The minimum absolute atomic E-state index is 0.0679. The van der Waals surface area contributed by atoms with Crippen LogP contribution in [0.4, 0.5) is 0 Å². The Labute approximate surface area is 97.6 Å². The first-order valence-electron chi connectivity index (χ1n) is 5.69. The summed E-state index contributed by atoms with van der Waals surface area (Å²) in [4.78, 5) is 0. The number of hydrogen-bond acceptors (Lipinski definition) is 3. The molecule has 0 saturated carbocycles. The summed E-state index contributed by atoms with van der Waals surface area (Å²) in [5.41, 5.74) is 6.87. The second-order valence-corrected chi connectivity index (χ2v) is 4.13. The van der Waals surface area contributed by atoms with Gasteiger partial charge in [0.1, 0.15) is 12.4 Å². The van der Waals surface area contributed by atoms with E-state index in [1.165, 1.54) is 0 Å². The third-order valence-electron chi connectivity index (χ3n) is 2.21. The lowest BCUT2D eigenvalue weighted by Gasteiger charge is -2.10. The molecule has 0 saturated heterocycles. The molecule has 1 atom stereocenters. The molecule has 3 nitrogen and oxygen atoms in total. The van der Waals surface area contributed by atoms with Crippen LogP contribution < -0.4 is 10.5 Å². The van der Waals surface area contributed by atoms with Crippen molar-refractivity contribution in [1.82, 2.24) is 0 Å². The van der Waals surface area contributed by atoms with Gasteiger partial charge in [-0.15, -0.1) is 0 Å². The standard InChI is InChI=1S/C13H21NO2/c1-10(2)15-8-9-16-13-6-4-12(5-7-13)11(3)14/h4-7,10-11H,8-9,14H2,1-3H3/t11-/m1/s1. The molecule has 0 unspecified atom stereocenters. The summed E-state index contributed by atoms with van der Waals surface area (Å²) >= 11 is 0. The molecule has 1 aromatic carbocycles. The summed E-state index contributed by atoms with van der Waals surface area (Å²) in [6.07, 6.45) is 0.254. The van der Waals surface area contributed by atoms with Crippen LogP contribution in [0.15, 0.2) is 24.3 Å². The summed E-state index contributed by atoms with van der Waals surface area (Å²) < 4.78 is 10.9. The average molecular weight is 223 g/mol. The van der Waals surface area contributed by atoms with Crippen molar-refractivity contribution in [3.05, 3.63) is 29.8 Å². The number of hydrogen-bond donors (Lipinski definition) is 1. The van der Waals surface area contributed by atoms with Crippen molar-refractivity contribution < 1.29 is 9.47 Å². The van der Waals surface area contributed by atoms with E-state index < -0.39 is 0 Å². The van der Waals surface area contributed by atoms with Crippen molar-refractivity contribution in [3.8, 4) is 5.75 Å². The van der Waals surface area contributed by atoms with E-state index in [4.69, 9.17) is 15.2 Å². The van der Waals surface area contributed by atoms with Gasteiger partial charge in [0.25, 0.3) is 0 Å². The van der Waals surface area contributed by atoms with Crippen molar-refractivity contribution in [1.29, 1.82) is 0 Å². The molecule has 0 radical (unpaired) electrons. The maximum Gasteiger partial charge on any atom is 0.119 e. The number of benzene rings is 1. The lowest BCUT2D eigenvalue weighted by Crippen LogP contribution is -2.11. The number of nitrogens with two attached hydrogens (primary N) is 1. The zero-order valence-corrected chi connectivity index (χ0v) is 10.3. The van der Waals surface area contributed by atoms with E-state index in [9.17, 15) is 0 Å². The van der Waals surface area contributed by atoms with E-state index in [1.807, 2.05) is 45.0 Å². The van der Waals surface area contributed by atoms with E-state index in [1.54, 1.807) is 0 Å². The van der Waals surface area contributed by atoms with E-state index >= 15 is 0 Å². The molecule has 0 aliphatic heterocycles. The smallest absolute Gasteiger partial charge is 0.119 e. The molecule has 90 valence electrons. The molecule has 0 amide bonds. The van der Waals surface area contributed by atoms with E-state index in [0.717, 1.165) is 11.3 Å². The highest BCUT2D eigenvalue weighted by molar-refractivity contribution is 5.28. The normalized spacial score (nSPS) is 12.8. The van der Waals surface area contributed by atoms with Gasteiger partial charge in [0.05, 0.1) is 12.7 Å². The summed E-state index contributed by atoms with van der Waals surface area (Å²) in [6.45, 7) is 7.18. The second kappa shape index (κ2) is 6.51. The fraction of sp³-hybridized carbons (Fsp3) is 0.538. The average Bonchev–Trinajstić information content (AvgIpc) is 2.25. The highest BCUT2D eigenvalue weighted by Gasteiger charge is 1.99. The van der Waals surface area contributed by atoms with Crippen molar-refractivity contribution in [3.63, 3.8) is 0 Å². The van der Waals surface area contributed by atoms with Gasteiger partial charge in [-0.05, 0) is 38.5 Å². The molecule has 0 spiro atoms. The van der Waals surface area contributed by atoms with Crippen molar-refractivity contribution in [2.24, 2.45) is 5.73 Å². The minimum atomic E-state index is 0.0679. The van der Waals surface area contributed by atoms with Crippen LogP contribution in [0.2, 0.25) is 0 Å². The van der Waals surface area contributed by atoms with Crippen LogP contribution in [0.5, 0.6) is 5.75 Å². The van der Waals surface area contributed by atoms with Crippen LogP contribution in [0.3, 0.4) is 0 Å². The topological polar surface area (TPSA) is 44.5 Å². The predicted octanol–water partition coefficient (Wildman–Crippen LogP) is 2.51. The van der Waals surface area contributed by atoms with Crippen molar-refractivity contribution >= 4 is 0 Å². The van der Waals surface area contributed by atoms with E-state index in [0.29, 0.717) is 13.2 Å². The maximum absolute atomic E-state index is 5.76. The molecule has 2 N–H and O–H groups in total.